The fraction of sp³-hybridized carbons (Fsp3) is 0.889. The first-order valence-corrected chi connectivity index (χ1v) is 4.77. The first-order valence-electron chi connectivity index (χ1n) is 4.77. The standard InChI is InChI=1S/C9H18N2O2.ClH/c1-6-3-10-5-8(6)9(13)11-4-7(2)12;/h6-8,10,12H,3-5H2,1-2H3,(H,11,13);1H/t6-,7?,8-;/m1./s1. The second kappa shape index (κ2) is 6.22. The van der Waals surface area contributed by atoms with Gasteiger partial charge in [-0.15, -0.1) is 12.4 Å². The summed E-state index contributed by atoms with van der Waals surface area (Å²) in [5.74, 6) is 0.520. The van der Waals surface area contributed by atoms with E-state index in [0.29, 0.717) is 12.5 Å². The van der Waals surface area contributed by atoms with Crippen molar-refractivity contribution in [2.24, 2.45) is 11.8 Å². The van der Waals surface area contributed by atoms with Gasteiger partial charge >= 0.3 is 0 Å². The molecule has 3 atom stereocenters. The molecule has 0 aliphatic carbocycles. The molecule has 3 N–H and O–H groups in total. The molecule has 1 heterocycles. The van der Waals surface area contributed by atoms with Crippen molar-refractivity contribution in [1.29, 1.82) is 0 Å². The van der Waals surface area contributed by atoms with E-state index in [0.717, 1.165) is 13.1 Å². The minimum atomic E-state index is -0.464. The number of aliphatic hydroxyl groups is 1. The van der Waals surface area contributed by atoms with Gasteiger partial charge in [0.15, 0.2) is 0 Å². The van der Waals surface area contributed by atoms with E-state index in [-0.39, 0.29) is 24.2 Å². The van der Waals surface area contributed by atoms with Crippen LogP contribution in [-0.4, -0.2) is 36.8 Å². The molecule has 1 aliphatic rings. The lowest BCUT2D eigenvalue weighted by atomic mass is 9.97. The summed E-state index contributed by atoms with van der Waals surface area (Å²) in [6.07, 6.45) is -0.464. The monoisotopic (exact) mass is 222 g/mol. The molecule has 0 aromatic carbocycles. The lowest BCUT2D eigenvalue weighted by Crippen LogP contribution is -2.37. The van der Waals surface area contributed by atoms with E-state index in [1.54, 1.807) is 6.92 Å². The Balaban J connectivity index is 0.00000169. The van der Waals surface area contributed by atoms with Crippen LogP contribution < -0.4 is 10.6 Å². The largest absolute Gasteiger partial charge is 0.392 e. The van der Waals surface area contributed by atoms with Gasteiger partial charge in [-0.2, -0.15) is 0 Å². The van der Waals surface area contributed by atoms with Gasteiger partial charge in [0.2, 0.25) is 5.91 Å². The van der Waals surface area contributed by atoms with Crippen molar-refractivity contribution in [3.63, 3.8) is 0 Å². The molecular formula is C9H19ClN2O2. The highest BCUT2D eigenvalue weighted by molar-refractivity contribution is 5.85. The summed E-state index contributed by atoms with van der Waals surface area (Å²) in [4.78, 5) is 11.5. The zero-order chi connectivity index (χ0) is 9.84. The molecule has 1 fully saturated rings. The molecule has 84 valence electrons. The molecule has 1 aliphatic heterocycles. The normalized spacial score (nSPS) is 27.9. The predicted octanol–water partition coefficient (Wildman–Crippen LogP) is -0.239. The zero-order valence-corrected chi connectivity index (χ0v) is 9.43. The van der Waals surface area contributed by atoms with Crippen LogP contribution in [-0.2, 0) is 4.79 Å². The van der Waals surface area contributed by atoms with Crippen LogP contribution in [0.5, 0.6) is 0 Å². The van der Waals surface area contributed by atoms with Crippen LogP contribution in [0.15, 0.2) is 0 Å². The first kappa shape index (κ1) is 13.7. The Bertz CT molecular complexity index is 188. The van der Waals surface area contributed by atoms with Crippen LogP contribution in [0.1, 0.15) is 13.8 Å². The predicted molar refractivity (Wildman–Crippen MR) is 57.5 cm³/mol. The fourth-order valence-electron chi connectivity index (χ4n) is 1.54. The Morgan fingerprint density at radius 1 is 1.64 bits per heavy atom. The van der Waals surface area contributed by atoms with Gasteiger partial charge in [0.1, 0.15) is 0 Å². The molecule has 1 amide bonds. The molecule has 5 heteroatoms. The molecule has 1 saturated heterocycles. The first-order chi connectivity index (χ1) is 6.11. The number of hydrogen-bond donors (Lipinski definition) is 3. The van der Waals surface area contributed by atoms with Crippen molar-refractivity contribution >= 4 is 18.3 Å². The topological polar surface area (TPSA) is 61.4 Å². The number of hydrogen-bond acceptors (Lipinski definition) is 3. The van der Waals surface area contributed by atoms with Crippen molar-refractivity contribution in [2.75, 3.05) is 19.6 Å². The highest BCUT2D eigenvalue weighted by Crippen LogP contribution is 2.15. The van der Waals surface area contributed by atoms with E-state index in [9.17, 15) is 4.79 Å². The second-order valence-corrected chi connectivity index (χ2v) is 3.84. The summed E-state index contributed by atoms with van der Waals surface area (Å²) in [7, 11) is 0. The summed E-state index contributed by atoms with van der Waals surface area (Å²) >= 11 is 0. The number of amides is 1. The van der Waals surface area contributed by atoms with Crippen LogP contribution in [0.4, 0.5) is 0 Å². The molecule has 0 radical (unpaired) electrons. The smallest absolute Gasteiger partial charge is 0.224 e. The summed E-state index contributed by atoms with van der Waals surface area (Å²) in [6.45, 7) is 5.74. The number of nitrogens with one attached hydrogen (secondary N) is 2. The van der Waals surface area contributed by atoms with Crippen LogP contribution in [0, 0.1) is 11.8 Å². The van der Waals surface area contributed by atoms with Crippen LogP contribution in [0.3, 0.4) is 0 Å². The third-order valence-corrected chi connectivity index (χ3v) is 2.43. The molecular weight excluding hydrogens is 204 g/mol. The van der Waals surface area contributed by atoms with E-state index in [2.05, 4.69) is 17.6 Å². The van der Waals surface area contributed by atoms with Crippen LogP contribution in [0.25, 0.3) is 0 Å². The Morgan fingerprint density at radius 2 is 2.29 bits per heavy atom. The Labute approximate surface area is 90.9 Å². The van der Waals surface area contributed by atoms with E-state index < -0.39 is 6.10 Å². The fourth-order valence-corrected chi connectivity index (χ4v) is 1.54. The van der Waals surface area contributed by atoms with Crippen molar-refractivity contribution in [3.8, 4) is 0 Å². The number of carbonyl (C=O) groups excluding carboxylic acids is 1. The number of carbonyl (C=O) groups is 1. The van der Waals surface area contributed by atoms with Gasteiger partial charge in [-0.05, 0) is 19.4 Å². The number of rotatable bonds is 3. The van der Waals surface area contributed by atoms with E-state index in [1.807, 2.05) is 0 Å². The number of halogens is 1. The molecule has 14 heavy (non-hydrogen) atoms. The summed E-state index contributed by atoms with van der Waals surface area (Å²) < 4.78 is 0. The van der Waals surface area contributed by atoms with Crippen molar-refractivity contribution in [3.05, 3.63) is 0 Å². The quantitative estimate of drug-likeness (QED) is 0.618. The van der Waals surface area contributed by atoms with Crippen LogP contribution >= 0.6 is 12.4 Å². The molecule has 0 aromatic rings. The lowest BCUT2D eigenvalue weighted by molar-refractivity contribution is -0.125. The third kappa shape index (κ3) is 3.82. The lowest BCUT2D eigenvalue weighted by Gasteiger charge is -2.14. The van der Waals surface area contributed by atoms with Crippen LogP contribution in [0.2, 0.25) is 0 Å². The average molecular weight is 223 g/mol. The van der Waals surface area contributed by atoms with E-state index in [4.69, 9.17) is 5.11 Å². The zero-order valence-electron chi connectivity index (χ0n) is 8.62. The van der Waals surface area contributed by atoms with Gasteiger partial charge < -0.3 is 15.7 Å². The van der Waals surface area contributed by atoms with Gasteiger partial charge in [0.05, 0.1) is 12.0 Å². The second-order valence-electron chi connectivity index (χ2n) is 3.84. The van der Waals surface area contributed by atoms with Gasteiger partial charge in [0.25, 0.3) is 0 Å². The van der Waals surface area contributed by atoms with Crippen molar-refractivity contribution in [2.45, 2.75) is 20.0 Å². The molecule has 0 saturated carbocycles. The third-order valence-electron chi connectivity index (χ3n) is 2.43. The highest BCUT2D eigenvalue weighted by Gasteiger charge is 2.29. The summed E-state index contributed by atoms with van der Waals surface area (Å²) in [6, 6.07) is 0. The maximum Gasteiger partial charge on any atom is 0.224 e. The molecule has 0 aromatic heterocycles. The van der Waals surface area contributed by atoms with E-state index in [1.165, 1.54) is 0 Å². The highest BCUT2D eigenvalue weighted by atomic mass is 35.5. The maximum absolute atomic E-state index is 11.5. The summed E-state index contributed by atoms with van der Waals surface area (Å²) in [5, 5.41) is 14.9. The molecule has 1 rings (SSSR count). The van der Waals surface area contributed by atoms with Gasteiger partial charge in [-0.3, -0.25) is 4.79 Å². The molecule has 4 nitrogen and oxygen atoms in total. The maximum atomic E-state index is 11.5. The van der Waals surface area contributed by atoms with E-state index >= 15 is 0 Å². The summed E-state index contributed by atoms with van der Waals surface area (Å²) in [5.41, 5.74) is 0. The van der Waals surface area contributed by atoms with Gasteiger partial charge in [0, 0.05) is 13.1 Å². The molecule has 0 spiro atoms. The van der Waals surface area contributed by atoms with Gasteiger partial charge in [-0.25, -0.2) is 0 Å². The minimum Gasteiger partial charge on any atom is -0.392 e. The number of aliphatic hydroxyl groups excluding tert-OH is 1. The minimum absolute atomic E-state index is 0. The Hall–Kier alpha value is -0.320. The van der Waals surface area contributed by atoms with Crippen molar-refractivity contribution in [1.82, 2.24) is 10.6 Å². The average Bonchev–Trinajstić information content (AvgIpc) is 2.47. The SMILES string of the molecule is CC(O)CNC(=O)[C@@H]1CNC[C@H]1C.Cl. The Kier molecular flexibility index (Phi) is 6.08. The Morgan fingerprint density at radius 3 is 2.71 bits per heavy atom. The van der Waals surface area contributed by atoms with Crippen molar-refractivity contribution < 1.29 is 9.90 Å². The molecule has 0 bridgehead atoms. The molecule has 1 unspecified atom stereocenters. The van der Waals surface area contributed by atoms with Gasteiger partial charge in [-0.1, -0.05) is 6.92 Å².